The molecule has 3 N–H and O–H groups in total. The number of hydrogen-bond acceptors (Lipinski definition) is 3. The van der Waals surface area contributed by atoms with E-state index in [2.05, 4.69) is 24.1 Å². The standard InChI is InChI=1S/C20H27N3O/c1-13(2)18(19-14(3)9-8-12-22-19)23-20(24)15(4)17(21)16-10-6-5-7-11-16/h5-13,15,17-18H,21H2,1-4H3,(H,23,24). The van der Waals surface area contributed by atoms with E-state index < -0.39 is 0 Å². The Labute approximate surface area is 144 Å². The summed E-state index contributed by atoms with van der Waals surface area (Å²) in [6.07, 6.45) is 1.77. The molecule has 2 rings (SSSR count). The van der Waals surface area contributed by atoms with Crippen LogP contribution in [0.2, 0.25) is 0 Å². The predicted molar refractivity (Wildman–Crippen MR) is 97.2 cm³/mol. The second-order valence-electron chi connectivity index (χ2n) is 6.66. The molecule has 0 saturated heterocycles. The Balaban J connectivity index is 2.15. The van der Waals surface area contributed by atoms with E-state index in [9.17, 15) is 4.79 Å². The van der Waals surface area contributed by atoms with Crippen LogP contribution in [0.4, 0.5) is 0 Å². The summed E-state index contributed by atoms with van der Waals surface area (Å²) in [6.45, 7) is 8.06. The summed E-state index contributed by atoms with van der Waals surface area (Å²) in [5.74, 6) is -0.129. The molecule has 4 nitrogen and oxygen atoms in total. The Bertz CT molecular complexity index is 670. The predicted octanol–water partition coefficient (Wildman–Crippen LogP) is 3.54. The van der Waals surface area contributed by atoms with Crippen LogP contribution in [0.3, 0.4) is 0 Å². The fourth-order valence-electron chi connectivity index (χ4n) is 2.79. The van der Waals surface area contributed by atoms with E-state index in [1.54, 1.807) is 6.20 Å². The minimum absolute atomic E-state index is 0.0462. The van der Waals surface area contributed by atoms with Crippen molar-refractivity contribution < 1.29 is 4.79 Å². The lowest BCUT2D eigenvalue weighted by molar-refractivity contribution is -0.126. The van der Waals surface area contributed by atoms with Gasteiger partial charge in [-0.2, -0.15) is 0 Å². The zero-order valence-electron chi connectivity index (χ0n) is 14.9. The minimum atomic E-state index is -0.330. The number of aromatic nitrogens is 1. The quantitative estimate of drug-likeness (QED) is 0.853. The van der Waals surface area contributed by atoms with Crippen molar-refractivity contribution in [2.75, 3.05) is 0 Å². The zero-order chi connectivity index (χ0) is 17.7. The van der Waals surface area contributed by atoms with E-state index in [0.29, 0.717) is 0 Å². The van der Waals surface area contributed by atoms with E-state index >= 15 is 0 Å². The van der Waals surface area contributed by atoms with Gasteiger partial charge < -0.3 is 11.1 Å². The summed E-state index contributed by atoms with van der Waals surface area (Å²) < 4.78 is 0. The molecule has 0 saturated carbocycles. The maximum absolute atomic E-state index is 12.7. The first-order chi connectivity index (χ1) is 11.4. The summed E-state index contributed by atoms with van der Waals surface area (Å²) in [7, 11) is 0. The summed E-state index contributed by atoms with van der Waals surface area (Å²) in [5, 5.41) is 3.14. The molecule has 3 unspecified atom stereocenters. The maximum atomic E-state index is 12.7. The third-order valence-corrected chi connectivity index (χ3v) is 4.45. The Morgan fingerprint density at radius 3 is 2.33 bits per heavy atom. The van der Waals surface area contributed by atoms with Crippen LogP contribution in [0.5, 0.6) is 0 Å². The molecule has 1 heterocycles. The molecule has 1 aromatic heterocycles. The zero-order valence-corrected chi connectivity index (χ0v) is 14.9. The maximum Gasteiger partial charge on any atom is 0.225 e. The van der Waals surface area contributed by atoms with Crippen LogP contribution >= 0.6 is 0 Å². The molecule has 0 bridgehead atoms. The number of amides is 1. The summed E-state index contributed by atoms with van der Waals surface area (Å²) >= 11 is 0. The number of aryl methyl sites for hydroxylation is 1. The molecule has 0 spiro atoms. The Morgan fingerprint density at radius 2 is 1.75 bits per heavy atom. The van der Waals surface area contributed by atoms with Crippen molar-refractivity contribution in [1.82, 2.24) is 10.3 Å². The smallest absolute Gasteiger partial charge is 0.225 e. The van der Waals surface area contributed by atoms with Crippen molar-refractivity contribution in [3.63, 3.8) is 0 Å². The van der Waals surface area contributed by atoms with Gasteiger partial charge in [0.2, 0.25) is 5.91 Å². The van der Waals surface area contributed by atoms with Crippen LogP contribution in [0.1, 0.15) is 49.7 Å². The van der Waals surface area contributed by atoms with Gasteiger partial charge in [-0.15, -0.1) is 0 Å². The number of nitrogens with one attached hydrogen (secondary N) is 1. The van der Waals surface area contributed by atoms with Gasteiger partial charge in [0.15, 0.2) is 0 Å². The third-order valence-electron chi connectivity index (χ3n) is 4.45. The van der Waals surface area contributed by atoms with Gasteiger partial charge in [-0.1, -0.05) is 57.2 Å². The van der Waals surface area contributed by atoms with E-state index in [0.717, 1.165) is 16.8 Å². The number of carbonyl (C=O) groups is 1. The molecule has 2 aromatic rings. The monoisotopic (exact) mass is 325 g/mol. The van der Waals surface area contributed by atoms with Crippen LogP contribution in [0.15, 0.2) is 48.7 Å². The largest absolute Gasteiger partial charge is 0.347 e. The fraction of sp³-hybridized carbons (Fsp3) is 0.400. The fourth-order valence-corrected chi connectivity index (χ4v) is 2.79. The van der Waals surface area contributed by atoms with Crippen LogP contribution in [0.25, 0.3) is 0 Å². The van der Waals surface area contributed by atoms with E-state index in [4.69, 9.17) is 5.73 Å². The molecule has 24 heavy (non-hydrogen) atoms. The average molecular weight is 325 g/mol. The van der Waals surface area contributed by atoms with E-state index in [1.165, 1.54) is 0 Å². The van der Waals surface area contributed by atoms with Crippen LogP contribution in [0, 0.1) is 18.8 Å². The first kappa shape index (κ1) is 18.1. The van der Waals surface area contributed by atoms with Gasteiger partial charge in [-0.25, -0.2) is 0 Å². The van der Waals surface area contributed by atoms with Gasteiger partial charge in [0, 0.05) is 12.2 Å². The molecule has 4 heteroatoms. The minimum Gasteiger partial charge on any atom is -0.347 e. The number of nitrogens with zero attached hydrogens (tertiary/aromatic N) is 1. The second-order valence-corrected chi connectivity index (χ2v) is 6.66. The molecular weight excluding hydrogens is 298 g/mol. The van der Waals surface area contributed by atoms with Crippen molar-refractivity contribution in [2.45, 2.75) is 39.8 Å². The van der Waals surface area contributed by atoms with Gasteiger partial charge in [0.25, 0.3) is 0 Å². The number of rotatable bonds is 6. The van der Waals surface area contributed by atoms with Crippen LogP contribution in [-0.2, 0) is 4.79 Å². The van der Waals surface area contributed by atoms with Gasteiger partial charge in [-0.3, -0.25) is 9.78 Å². The molecule has 0 aliphatic rings. The molecule has 1 aromatic carbocycles. The summed E-state index contributed by atoms with van der Waals surface area (Å²) in [5.41, 5.74) is 9.25. The van der Waals surface area contributed by atoms with Gasteiger partial charge in [0.1, 0.15) is 0 Å². The van der Waals surface area contributed by atoms with Crippen molar-refractivity contribution in [3.8, 4) is 0 Å². The van der Waals surface area contributed by atoms with Crippen LogP contribution < -0.4 is 11.1 Å². The van der Waals surface area contributed by atoms with Crippen molar-refractivity contribution in [2.24, 2.45) is 17.6 Å². The normalized spacial score (nSPS) is 14.9. The van der Waals surface area contributed by atoms with E-state index in [1.807, 2.05) is 56.3 Å². The summed E-state index contributed by atoms with van der Waals surface area (Å²) in [6, 6.07) is 13.2. The number of hydrogen-bond donors (Lipinski definition) is 2. The highest BCUT2D eigenvalue weighted by atomic mass is 16.2. The molecule has 0 aliphatic carbocycles. The van der Waals surface area contributed by atoms with Crippen molar-refractivity contribution in [1.29, 1.82) is 0 Å². The first-order valence-electron chi connectivity index (χ1n) is 8.44. The van der Waals surface area contributed by atoms with Gasteiger partial charge in [-0.05, 0) is 30.0 Å². The van der Waals surface area contributed by atoms with Crippen molar-refractivity contribution in [3.05, 3.63) is 65.5 Å². The lowest BCUT2D eigenvalue weighted by atomic mass is 9.92. The molecule has 3 atom stereocenters. The van der Waals surface area contributed by atoms with Crippen molar-refractivity contribution >= 4 is 5.91 Å². The molecule has 1 amide bonds. The molecule has 0 fully saturated rings. The molecule has 0 aliphatic heterocycles. The average Bonchev–Trinajstić information content (AvgIpc) is 2.59. The molecule has 0 radical (unpaired) electrons. The number of benzene rings is 1. The van der Waals surface area contributed by atoms with Crippen LogP contribution in [-0.4, -0.2) is 10.9 Å². The molecule has 128 valence electrons. The SMILES string of the molecule is Cc1cccnc1C(NC(=O)C(C)C(N)c1ccccc1)C(C)C. The Morgan fingerprint density at radius 1 is 1.08 bits per heavy atom. The topological polar surface area (TPSA) is 68.0 Å². The second kappa shape index (κ2) is 8.06. The number of pyridine rings is 1. The Kier molecular flexibility index (Phi) is 6.10. The Hall–Kier alpha value is -2.20. The lowest BCUT2D eigenvalue weighted by Gasteiger charge is -2.27. The number of nitrogens with two attached hydrogens (primary N) is 1. The van der Waals surface area contributed by atoms with E-state index in [-0.39, 0.29) is 29.8 Å². The molecular formula is C20H27N3O. The number of carbonyl (C=O) groups excluding carboxylic acids is 1. The first-order valence-corrected chi connectivity index (χ1v) is 8.44. The summed E-state index contributed by atoms with van der Waals surface area (Å²) in [4.78, 5) is 17.2. The van der Waals surface area contributed by atoms with Gasteiger partial charge in [0.05, 0.1) is 17.7 Å². The highest BCUT2D eigenvalue weighted by molar-refractivity contribution is 5.79. The highest BCUT2D eigenvalue weighted by Gasteiger charge is 2.27. The highest BCUT2D eigenvalue weighted by Crippen LogP contribution is 2.25. The van der Waals surface area contributed by atoms with Gasteiger partial charge >= 0.3 is 0 Å². The third kappa shape index (κ3) is 4.20. The lowest BCUT2D eigenvalue weighted by Crippen LogP contribution is -2.39.